The van der Waals surface area contributed by atoms with Crippen LogP contribution < -0.4 is 19.1 Å². The summed E-state index contributed by atoms with van der Waals surface area (Å²) in [4.78, 5) is 17.9. The number of pyridine rings is 1. The third-order valence-electron chi connectivity index (χ3n) is 7.11. The van der Waals surface area contributed by atoms with Crippen LogP contribution in [0.3, 0.4) is 0 Å². The van der Waals surface area contributed by atoms with E-state index in [0.29, 0.717) is 30.7 Å². The largest absolute Gasteiger partial charge is 0.495 e. The van der Waals surface area contributed by atoms with Crippen LogP contribution in [-0.2, 0) is 26.7 Å². The van der Waals surface area contributed by atoms with E-state index in [-0.39, 0.29) is 33.7 Å². The Bertz CT molecular complexity index is 1440. The van der Waals surface area contributed by atoms with E-state index in [2.05, 4.69) is 20.9 Å². The molecule has 0 unspecified atom stereocenters. The lowest BCUT2D eigenvalue weighted by Crippen LogP contribution is -2.25. The molecule has 2 fully saturated rings. The van der Waals surface area contributed by atoms with Crippen molar-refractivity contribution in [3.63, 3.8) is 0 Å². The Morgan fingerprint density at radius 1 is 1.17 bits per heavy atom. The number of anilines is 2. The molecule has 1 spiro atoms. The van der Waals surface area contributed by atoms with Crippen molar-refractivity contribution in [1.82, 2.24) is 10.1 Å². The highest BCUT2D eigenvalue weighted by Crippen LogP contribution is 2.59. The van der Waals surface area contributed by atoms with Crippen molar-refractivity contribution in [2.75, 3.05) is 30.4 Å². The minimum atomic E-state index is -4.16. The molecule has 0 radical (unpaired) electrons. The normalized spacial score (nSPS) is 17.8. The smallest absolute Gasteiger partial charge is 0.272 e. The van der Waals surface area contributed by atoms with Crippen LogP contribution in [0.25, 0.3) is 11.3 Å². The molecule has 1 saturated heterocycles. The van der Waals surface area contributed by atoms with Gasteiger partial charge in [0.25, 0.3) is 10.0 Å². The molecule has 1 aromatic carbocycles. The number of carbonyl (C=O) groups is 1. The highest BCUT2D eigenvalue weighted by molar-refractivity contribution is 7.93. The molecule has 35 heavy (non-hydrogen) atoms. The first kappa shape index (κ1) is 21.9. The zero-order valence-electron chi connectivity index (χ0n) is 19.3. The molecule has 1 amide bonds. The quantitative estimate of drug-likeness (QED) is 0.552. The molecule has 6 rings (SSSR count). The van der Waals surface area contributed by atoms with Crippen LogP contribution in [0, 0.1) is 0 Å². The molecular weight excluding hydrogens is 472 g/mol. The van der Waals surface area contributed by atoms with Crippen molar-refractivity contribution in [1.29, 1.82) is 0 Å². The minimum Gasteiger partial charge on any atom is -0.495 e. The molecule has 1 aliphatic heterocycles. The second-order valence-electron chi connectivity index (χ2n) is 9.13. The van der Waals surface area contributed by atoms with E-state index in [4.69, 9.17) is 14.0 Å². The monoisotopic (exact) mass is 496 g/mol. The molecular formula is C24H24N4O6S. The van der Waals surface area contributed by atoms with Gasteiger partial charge in [-0.3, -0.25) is 9.52 Å². The number of fused-ring (bicyclic) bond motifs is 4. The summed E-state index contributed by atoms with van der Waals surface area (Å²) < 4.78 is 45.5. The van der Waals surface area contributed by atoms with E-state index in [1.54, 1.807) is 4.90 Å². The second kappa shape index (κ2) is 7.70. The van der Waals surface area contributed by atoms with Gasteiger partial charge >= 0.3 is 0 Å². The molecule has 10 nitrogen and oxygen atoms in total. The molecule has 1 saturated carbocycles. The number of sulfonamides is 1. The molecule has 3 heterocycles. The Morgan fingerprint density at radius 2 is 2.00 bits per heavy atom. The van der Waals surface area contributed by atoms with Crippen LogP contribution in [0.2, 0.25) is 0 Å². The molecule has 3 aromatic rings. The predicted molar refractivity (Wildman–Crippen MR) is 126 cm³/mol. The van der Waals surface area contributed by atoms with Crippen LogP contribution in [0.1, 0.15) is 36.8 Å². The third-order valence-corrected chi connectivity index (χ3v) is 8.49. The number of hydrogen-bond donors (Lipinski definition) is 1. The summed E-state index contributed by atoms with van der Waals surface area (Å²) in [5, 5.41) is 4.11. The van der Waals surface area contributed by atoms with Crippen molar-refractivity contribution in [3.8, 4) is 23.0 Å². The van der Waals surface area contributed by atoms with Gasteiger partial charge in [0.05, 0.1) is 14.2 Å². The summed E-state index contributed by atoms with van der Waals surface area (Å²) in [6.45, 7) is 0.686. The average molecular weight is 497 g/mol. The van der Waals surface area contributed by atoms with Gasteiger partial charge in [0.1, 0.15) is 5.75 Å². The van der Waals surface area contributed by atoms with E-state index in [1.165, 1.54) is 26.5 Å². The van der Waals surface area contributed by atoms with Gasteiger partial charge in [-0.25, -0.2) is 13.4 Å². The maximum absolute atomic E-state index is 13.4. The molecule has 2 aliphatic carbocycles. The molecule has 11 heteroatoms. The number of ether oxygens (including phenoxy) is 2. The van der Waals surface area contributed by atoms with Gasteiger partial charge < -0.3 is 18.9 Å². The first-order valence-corrected chi connectivity index (χ1v) is 12.9. The van der Waals surface area contributed by atoms with E-state index < -0.39 is 10.0 Å². The second-order valence-corrected chi connectivity index (χ2v) is 10.8. The molecule has 3 aliphatic rings. The van der Waals surface area contributed by atoms with Gasteiger partial charge in [0.2, 0.25) is 11.8 Å². The number of hydrogen-bond acceptors (Lipinski definition) is 8. The minimum absolute atomic E-state index is 0.0781. The number of nitrogens with one attached hydrogen (secondary N) is 1. The van der Waals surface area contributed by atoms with Crippen LogP contribution in [0.15, 0.2) is 39.9 Å². The first-order valence-electron chi connectivity index (χ1n) is 11.4. The number of aromatic nitrogens is 2. The van der Waals surface area contributed by atoms with Gasteiger partial charge in [-0.2, -0.15) is 0 Å². The van der Waals surface area contributed by atoms with Crippen molar-refractivity contribution in [2.45, 2.75) is 42.4 Å². The van der Waals surface area contributed by atoms with Crippen LogP contribution in [0.5, 0.6) is 11.6 Å². The van der Waals surface area contributed by atoms with E-state index in [9.17, 15) is 13.2 Å². The topological polar surface area (TPSA) is 124 Å². The van der Waals surface area contributed by atoms with Gasteiger partial charge in [0.15, 0.2) is 16.5 Å². The predicted octanol–water partition coefficient (Wildman–Crippen LogP) is 3.27. The molecule has 0 atom stereocenters. The Balaban J connectivity index is 1.42. The lowest BCUT2D eigenvalue weighted by Gasteiger charge is -2.26. The fourth-order valence-electron chi connectivity index (χ4n) is 5.21. The SMILES string of the molecule is COc1ccnc(OC)c1S(=O)(=O)Nc1noc2c1CC1(CC1)c1ccc(N3CCCC3=O)cc1-2. The zero-order valence-corrected chi connectivity index (χ0v) is 20.1. The Morgan fingerprint density at radius 3 is 2.69 bits per heavy atom. The molecule has 182 valence electrons. The van der Waals surface area contributed by atoms with E-state index >= 15 is 0 Å². The molecule has 1 N–H and O–H groups in total. The van der Waals surface area contributed by atoms with Crippen molar-refractivity contribution in [2.24, 2.45) is 0 Å². The number of methoxy groups -OCH3 is 2. The zero-order chi connectivity index (χ0) is 24.4. The number of rotatable bonds is 6. The summed E-state index contributed by atoms with van der Waals surface area (Å²) in [6, 6.07) is 7.48. The van der Waals surface area contributed by atoms with E-state index in [0.717, 1.165) is 36.1 Å². The fourth-order valence-corrected chi connectivity index (χ4v) is 6.51. The third kappa shape index (κ3) is 3.36. The fraction of sp³-hybridized carbons (Fsp3) is 0.375. The summed E-state index contributed by atoms with van der Waals surface area (Å²) in [7, 11) is -1.44. The Hall–Kier alpha value is -3.60. The maximum Gasteiger partial charge on any atom is 0.272 e. The van der Waals surface area contributed by atoms with Gasteiger partial charge in [0, 0.05) is 47.5 Å². The number of benzene rings is 1. The molecule has 0 bridgehead atoms. The van der Waals surface area contributed by atoms with Crippen molar-refractivity contribution < 1.29 is 27.2 Å². The number of nitrogens with zero attached hydrogens (tertiary/aromatic N) is 3. The van der Waals surface area contributed by atoms with Crippen LogP contribution >= 0.6 is 0 Å². The van der Waals surface area contributed by atoms with Crippen LogP contribution in [0.4, 0.5) is 11.5 Å². The molecule has 2 aromatic heterocycles. The highest BCUT2D eigenvalue weighted by atomic mass is 32.2. The summed E-state index contributed by atoms with van der Waals surface area (Å²) in [6.07, 6.45) is 5.37. The summed E-state index contributed by atoms with van der Waals surface area (Å²) >= 11 is 0. The Labute approximate surface area is 202 Å². The van der Waals surface area contributed by atoms with Gasteiger partial charge in [-0.15, -0.1) is 0 Å². The van der Waals surface area contributed by atoms with Gasteiger partial charge in [-0.05, 0) is 43.4 Å². The maximum atomic E-state index is 13.4. The number of carbonyl (C=O) groups excluding carboxylic acids is 1. The van der Waals surface area contributed by atoms with Crippen molar-refractivity contribution >= 4 is 27.4 Å². The lowest BCUT2D eigenvalue weighted by molar-refractivity contribution is -0.117. The van der Waals surface area contributed by atoms with Gasteiger partial charge in [-0.1, -0.05) is 11.2 Å². The average Bonchev–Trinajstić information content (AvgIpc) is 3.32. The van der Waals surface area contributed by atoms with Crippen LogP contribution in [-0.4, -0.2) is 45.2 Å². The lowest BCUT2D eigenvalue weighted by atomic mass is 9.79. The standard InChI is InChI=1S/C24H24N4O6S/c1-32-18-7-10-25-23(33-2)21(18)35(30,31)27-22-16-13-24(8-9-24)17-6-5-14(28-11-3-4-19(28)29)12-15(17)20(16)34-26-22/h5-7,10,12H,3-4,8-9,11,13H2,1-2H3,(H,26,27). The highest BCUT2D eigenvalue weighted by Gasteiger charge is 2.51. The van der Waals surface area contributed by atoms with Crippen molar-refractivity contribution in [3.05, 3.63) is 41.6 Å². The first-order chi connectivity index (χ1) is 16.9. The summed E-state index contributed by atoms with van der Waals surface area (Å²) in [5.74, 6) is 0.776. The van der Waals surface area contributed by atoms with E-state index in [1.807, 2.05) is 12.1 Å². The summed E-state index contributed by atoms with van der Waals surface area (Å²) in [5.41, 5.74) is 3.45. The Kier molecular flexibility index (Phi) is 4.82. The number of amides is 1.